The zero-order chi connectivity index (χ0) is 26.3. The molecule has 5 heterocycles. The lowest BCUT2D eigenvalue weighted by atomic mass is 10.0. The Labute approximate surface area is 215 Å². The van der Waals surface area contributed by atoms with Gasteiger partial charge >= 0.3 is 5.69 Å². The van der Waals surface area contributed by atoms with E-state index in [0.29, 0.717) is 60.7 Å². The molecule has 0 unspecified atom stereocenters. The monoisotopic (exact) mass is 524 g/mol. The Bertz CT molecular complexity index is 1510. The molecule has 196 valence electrons. The highest BCUT2D eigenvalue weighted by Gasteiger charge is 2.27. The van der Waals surface area contributed by atoms with E-state index in [1.165, 1.54) is 12.3 Å². The van der Waals surface area contributed by atoms with Crippen LogP contribution in [0.25, 0.3) is 28.2 Å². The van der Waals surface area contributed by atoms with E-state index in [4.69, 9.17) is 9.72 Å². The van der Waals surface area contributed by atoms with Crippen LogP contribution < -0.4 is 5.69 Å². The van der Waals surface area contributed by atoms with Gasteiger partial charge in [0.1, 0.15) is 18.2 Å². The van der Waals surface area contributed by atoms with E-state index in [1.807, 2.05) is 17.0 Å². The maximum atomic E-state index is 14.0. The van der Waals surface area contributed by atoms with Crippen molar-refractivity contribution in [2.24, 2.45) is 0 Å². The summed E-state index contributed by atoms with van der Waals surface area (Å²) in [6.07, 6.45) is 4.38. The van der Waals surface area contributed by atoms with Gasteiger partial charge in [-0.3, -0.25) is 18.3 Å². The fraction of sp³-hybridized carbons (Fsp3) is 0.462. The third kappa shape index (κ3) is 5.10. The summed E-state index contributed by atoms with van der Waals surface area (Å²) < 4.78 is 25.0. The van der Waals surface area contributed by atoms with Gasteiger partial charge in [0.15, 0.2) is 5.65 Å². The van der Waals surface area contributed by atoms with Crippen LogP contribution in [0.5, 0.6) is 0 Å². The number of halogens is 1. The number of likely N-dealkylation sites (tertiary alicyclic amines) is 1. The molecule has 5 rings (SSSR count). The van der Waals surface area contributed by atoms with Crippen molar-refractivity contribution < 1.29 is 13.9 Å². The summed E-state index contributed by atoms with van der Waals surface area (Å²) in [6.45, 7) is 10.4. The Hall–Kier alpha value is -3.31. The number of carbonyl (C=O) groups is 1. The van der Waals surface area contributed by atoms with Crippen LogP contribution in [0.2, 0.25) is 25.7 Å². The molecule has 11 heteroatoms. The van der Waals surface area contributed by atoms with Gasteiger partial charge in [0.2, 0.25) is 5.91 Å². The molecule has 37 heavy (non-hydrogen) atoms. The number of ether oxygens (including phenoxy) is 1. The van der Waals surface area contributed by atoms with Gasteiger partial charge in [0, 0.05) is 46.9 Å². The quantitative estimate of drug-likeness (QED) is 0.268. The first-order valence-corrected chi connectivity index (χ1v) is 16.4. The standard InChI is InChI=1S/C26H33FN6O3Si/c1-18(34)30-11-9-20(10-12-30)33-25-22(32(26(33)35)17-36-13-14-37(2,3)4)7-6-21(29-25)23-15-28-24-8-5-19(27)16-31(23)24/h5-8,15-16,20H,9-14,17H2,1-4H3. The lowest BCUT2D eigenvalue weighted by Gasteiger charge is -2.31. The Kier molecular flexibility index (Phi) is 6.75. The first-order valence-electron chi connectivity index (χ1n) is 12.7. The maximum absolute atomic E-state index is 14.0. The van der Waals surface area contributed by atoms with Gasteiger partial charge in [0.25, 0.3) is 0 Å². The minimum absolute atomic E-state index is 0.0456. The summed E-state index contributed by atoms with van der Waals surface area (Å²) in [5, 5.41) is 0. The predicted octanol–water partition coefficient (Wildman–Crippen LogP) is 4.15. The molecule has 0 spiro atoms. The number of amides is 1. The topological polar surface area (TPSA) is 86.7 Å². The van der Waals surface area contributed by atoms with Gasteiger partial charge in [-0.25, -0.2) is 19.2 Å². The average molecular weight is 525 g/mol. The number of imidazole rings is 2. The molecule has 1 amide bonds. The molecule has 0 bridgehead atoms. The van der Waals surface area contributed by atoms with Crippen molar-refractivity contribution in [3.05, 3.63) is 53.0 Å². The van der Waals surface area contributed by atoms with Crippen molar-refractivity contribution >= 4 is 30.8 Å². The van der Waals surface area contributed by atoms with E-state index in [2.05, 4.69) is 24.6 Å². The van der Waals surface area contributed by atoms with Gasteiger partial charge in [0.05, 0.1) is 23.1 Å². The largest absolute Gasteiger partial charge is 0.361 e. The summed E-state index contributed by atoms with van der Waals surface area (Å²) in [5.41, 5.74) is 2.93. The second kappa shape index (κ2) is 9.86. The molecular weight excluding hydrogens is 491 g/mol. The van der Waals surface area contributed by atoms with Crippen LogP contribution in [-0.4, -0.2) is 62.1 Å². The van der Waals surface area contributed by atoms with Crippen molar-refractivity contribution in [1.82, 2.24) is 28.4 Å². The molecule has 1 saturated heterocycles. The number of pyridine rings is 2. The Morgan fingerprint density at radius 3 is 2.62 bits per heavy atom. The first-order chi connectivity index (χ1) is 17.6. The van der Waals surface area contributed by atoms with Crippen molar-refractivity contribution in [2.45, 2.75) is 58.2 Å². The van der Waals surface area contributed by atoms with Gasteiger partial charge in [-0.1, -0.05) is 19.6 Å². The molecule has 0 aliphatic carbocycles. The second-order valence-corrected chi connectivity index (χ2v) is 16.5. The molecule has 1 aliphatic rings. The molecule has 9 nitrogen and oxygen atoms in total. The minimum atomic E-state index is -1.26. The van der Waals surface area contributed by atoms with Crippen LogP contribution in [-0.2, 0) is 16.3 Å². The Morgan fingerprint density at radius 1 is 1.16 bits per heavy atom. The van der Waals surface area contributed by atoms with Crippen LogP contribution >= 0.6 is 0 Å². The van der Waals surface area contributed by atoms with E-state index in [0.717, 1.165) is 6.04 Å². The number of carbonyl (C=O) groups excluding carboxylic acids is 1. The van der Waals surface area contributed by atoms with Crippen LogP contribution in [0.1, 0.15) is 25.8 Å². The fourth-order valence-corrected chi connectivity index (χ4v) is 5.62. The number of aromatic nitrogens is 5. The average Bonchev–Trinajstić information content (AvgIpc) is 3.38. The van der Waals surface area contributed by atoms with Gasteiger partial charge in [-0.05, 0) is 43.2 Å². The zero-order valence-electron chi connectivity index (χ0n) is 21.8. The molecule has 1 fully saturated rings. The molecular formula is C26H33FN6O3Si. The second-order valence-electron chi connectivity index (χ2n) is 10.9. The number of rotatable bonds is 7. The molecule has 0 radical (unpaired) electrons. The van der Waals surface area contributed by atoms with E-state index in [1.54, 1.807) is 32.7 Å². The number of hydrogen-bond donors (Lipinski definition) is 0. The molecule has 0 N–H and O–H groups in total. The predicted molar refractivity (Wildman–Crippen MR) is 143 cm³/mol. The molecule has 1 aliphatic heterocycles. The van der Waals surface area contributed by atoms with Gasteiger partial charge in [-0.2, -0.15) is 0 Å². The maximum Gasteiger partial charge on any atom is 0.332 e. The van der Waals surface area contributed by atoms with Gasteiger partial charge < -0.3 is 9.64 Å². The number of hydrogen-bond acceptors (Lipinski definition) is 5. The molecule has 0 saturated carbocycles. The molecule has 0 atom stereocenters. The SMILES string of the molecule is CC(=O)N1CCC(n2c(=O)n(COCC[Si](C)(C)C)c3ccc(-c4cnc5ccc(F)cn45)nc32)CC1. The highest BCUT2D eigenvalue weighted by Crippen LogP contribution is 2.28. The van der Waals surface area contributed by atoms with E-state index in [-0.39, 0.29) is 30.2 Å². The number of fused-ring (bicyclic) bond motifs is 2. The van der Waals surface area contributed by atoms with Crippen molar-refractivity contribution in [3.63, 3.8) is 0 Å². The molecule has 0 aromatic carbocycles. The van der Waals surface area contributed by atoms with E-state index < -0.39 is 8.07 Å². The van der Waals surface area contributed by atoms with Crippen molar-refractivity contribution in [2.75, 3.05) is 19.7 Å². The minimum Gasteiger partial charge on any atom is -0.361 e. The lowest BCUT2D eigenvalue weighted by Crippen LogP contribution is -2.40. The molecule has 4 aromatic rings. The normalized spacial score (nSPS) is 15.2. The summed E-state index contributed by atoms with van der Waals surface area (Å²) in [7, 11) is -1.26. The Balaban J connectivity index is 1.55. The summed E-state index contributed by atoms with van der Waals surface area (Å²) in [6, 6.07) is 7.62. The van der Waals surface area contributed by atoms with E-state index in [9.17, 15) is 14.0 Å². The third-order valence-electron chi connectivity index (χ3n) is 7.03. The van der Waals surface area contributed by atoms with E-state index >= 15 is 0 Å². The fourth-order valence-electron chi connectivity index (χ4n) is 4.87. The summed E-state index contributed by atoms with van der Waals surface area (Å²) >= 11 is 0. The first kappa shape index (κ1) is 25.3. The lowest BCUT2D eigenvalue weighted by molar-refractivity contribution is -0.130. The van der Waals surface area contributed by atoms with Crippen LogP contribution in [0.4, 0.5) is 4.39 Å². The van der Waals surface area contributed by atoms with Crippen molar-refractivity contribution in [3.8, 4) is 11.4 Å². The smallest absolute Gasteiger partial charge is 0.332 e. The zero-order valence-corrected chi connectivity index (χ0v) is 22.8. The van der Waals surface area contributed by atoms with Gasteiger partial charge in [-0.15, -0.1) is 0 Å². The highest BCUT2D eigenvalue weighted by atomic mass is 28.3. The number of nitrogens with zero attached hydrogens (tertiary/aromatic N) is 6. The summed E-state index contributed by atoms with van der Waals surface area (Å²) in [5.74, 6) is -0.326. The molecule has 4 aromatic heterocycles. The Morgan fingerprint density at radius 2 is 1.92 bits per heavy atom. The summed E-state index contributed by atoms with van der Waals surface area (Å²) in [4.78, 5) is 36.6. The van der Waals surface area contributed by atoms with Crippen molar-refractivity contribution in [1.29, 1.82) is 0 Å². The van der Waals surface area contributed by atoms with Crippen LogP contribution in [0, 0.1) is 5.82 Å². The number of piperidine rings is 1. The van der Waals surface area contributed by atoms with Crippen LogP contribution in [0.3, 0.4) is 0 Å². The van der Waals surface area contributed by atoms with Crippen LogP contribution in [0.15, 0.2) is 41.5 Å². The third-order valence-corrected chi connectivity index (χ3v) is 8.74. The highest BCUT2D eigenvalue weighted by molar-refractivity contribution is 6.76.